The van der Waals surface area contributed by atoms with Crippen molar-refractivity contribution in [1.29, 1.82) is 0 Å². The minimum absolute atomic E-state index is 0.122. The van der Waals surface area contributed by atoms with Crippen LogP contribution < -0.4 is 10.1 Å². The smallest absolute Gasteiger partial charge is 0.252 e. The predicted molar refractivity (Wildman–Crippen MR) is 82.2 cm³/mol. The van der Waals surface area contributed by atoms with E-state index >= 15 is 0 Å². The molecule has 0 radical (unpaired) electrons. The van der Waals surface area contributed by atoms with Crippen molar-refractivity contribution in [1.82, 2.24) is 5.32 Å². The number of amides is 1. The molecule has 6 heteroatoms. The molecule has 19 heavy (non-hydrogen) atoms. The van der Waals surface area contributed by atoms with E-state index in [9.17, 15) is 4.79 Å². The molecule has 0 saturated heterocycles. The number of hydrogen-bond donors (Lipinski definition) is 1. The van der Waals surface area contributed by atoms with Crippen LogP contribution in [0.5, 0.6) is 5.75 Å². The van der Waals surface area contributed by atoms with Crippen LogP contribution in [0, 0.1) is 0 Å². The molecule has 0 saturated carbocycles. The summed E-state index contributed by atoms with van der Waals surface area (Å²) in [5.74, 6) is 0.536. The molecular weight excluding hydrogens is 378 g/mol. The van der Waals surface area contributed by atoms with Crippen LogP contribution in [0.2, 0.25) is 0 Å². The molecule has 1 aromatic rings. The monoisotopic (exact) mass is 393 g/mol. The van der Waals surface area contributed by atoms with Crippen LogP contribution in [0.1, 0.15) is 16.8 Å². The van der Waals surface area contributed by atoms with Crippen molar-refractivity contribution in [2.24, 2.45) is 0 Å². The summed E-state index contributed by atoms with van der Waals surface area (Å²) >= 11 is 6.84. The minimum Gasteiger partial charge on any atom is -0.497 e. The fourth-order valence-corrected chi connectivity index (χ4v) is 2.43. The van der Waals surface area contributed by atoms with E-state index in [4.69, 9.17) is 9.47 Å². The van der Waals surface area contributed by atoms with Gasteiger partial charge in [-0.3, -0.25) is 4.79 Å². The van der Waals surface area contributed by atoms with E-state index < -0.39 is 0 Å². The van der Waals surface area contributed by atoms with Gasteiger partial charge in [0.25, 0.3) is 5.91 Å². The molecule has 1 N–H and O–H groups in total. The molecule has 0 fully saturated rings. The zero-order valence-electron chi connectivity index (χ0n) is 10.9. The van der Waals surface area contributed by atoms with Crippen LogP contribution in [0.4, 0.5) is 0 Å². The largest absolute Gasteiger partial charge is 0.497 e. The standard InChI is InChI=1S/C13H17Br2NO3/c1-18-8-9(14)5-6-16-13(17)11-7-10(19-2)3-4-12(11)15/h3-4,7,9H,5-6,8H2,1-2H3,(H,16,17). The molecule has 1 unspecified atom stereocenters. The van der Waals surface area contributed by atoms with Gasteiger partial charge in [-0.25, -0.2) is 0 Å². The highest BCUT2D eigenvalue weighted by Gasteiger charge is 2.11. The van der Waals surface area contributed by atoms with Crippen LogP contribution in [-0.2, 0) is 4.74 Å². The molecule has 1 atom stereocenters. The summed E-state index contributed by atoms with van der Waals surface area (Å²) in [7, 11) is 3.23. The minimum atomic E-state index is -0.122. The van der Waals surface area contributed by atoms with Crippen molar-refractivity contribution < 1.29 is 14.3 Å². The molecule has 1 aromatic carbocycles. The number of hydrogen-bond acceptors (Lipinski definition) is 3. The second-order valence-corrected chi connectivity index (χ2v) is 6.09. The maximum atomic E-state index is 12.0. The first-order valence-corrected chi connectivity index (χ1v) is 7.54. The first-order chi connectivity index (χ1) is 9.08. The molecule has 0 aromatic heterocycles. The zero-order chi connectivity index (χ0) is 14.3. The average molecular weight is 395 g/mol. The highest BCUT2D eigenvalue weighted by molar-refractivity contribution is 9.10. The lowest BCUT2D eigenvalue weighted by Crippen LogP contribution is -2.27. The molecule has 4 nitrogen and oxygen atoms in total. The van der Waals surface area contributed by atoms with Crippen LogP contribution >= 0.6 is 31.9 Å². The average Bonchev–Trinajstić information content (AvgIpc) is 2.39. The molecule has 0 spiro atoms. The molecular formula is C13H17Br2NO3. The Labute approximate surface area is 130 Å². The van der Waals surface area contributed by atoms with Gasteiger partial charge in [0.2, 0.25) is 0 Å². The molecule has 1 rings (SSSR count). The number of methoxy groups -OCH3 is 2. The molecule has 0 aliphatic rings. The Morgan fingerprint density at radius 2 is 2.16 bits per heavy atom. The van der Waals surface area contributed by atoms with Gasteiger partial charge >= 0.3 is 0 Å². The number of carbonyl (C=O) groups is 1. The fourth-order valence-electron chi connectivity index (χ4n) is 1.51. The Bertz CT molecular complexity index is 426. The summed E-state index contributed by atoms with van der Waals surface area (Å²) < 4.78 is 10.9. The van der Waals surface area contributed by atoms with Gasteiger partial charge in [0, 0.05) is 23.0 Å². The normalized spacial score (nSPS) is 12.0. The highest BCUT2D eigenvalue weighted by Crippen LogP contribution is 2.22. The first-order valence-electron chi connectivity index (χ1n) is 5.83. The van der Waals surface area contributed by atoms with Crippen LogP contribution in [-0.4, -0.2) is 38.1 Å². The Hall–Kier alpha value is -0.590. The third-order valence-corrected chi connectivity index (χ3v) is 3.92. The summed E-state index contributed by atoms with van der Waals surface area (Å²) in [4.78, 5) is 12.3. The van der Waals surface area contributed by atoms with E-state index in [1.54, 1.807) is 32.4 Å². The third-order valence-electron chi connectivity index (χ3n) is 2.51. The van der Waals surface area contributed by atoms with Gasteiger partial charge < -0.3 is 14.8 Å². The van der Waals surface area contributed by atoms with Crippen molar-refractivity contribution in [3.05, 3.63) is 28.2 Å². The van der Waals surface area contributed by atoms with E-state index in [1.807, 2.05) is 0 Å². The van der Waals surface area contributed by atoms with Crippen LogP contribution in [0.15, 0.2) is 22.7 Å². The predicted octanol–water partition coefficient (Wildman–Crippen LogP) is 2.99. The number of carbonyl (C=O) groups excluding carboxylic acids is 1. The van der Waals surface area contributed by atoms with Gasteiger partial charge in [0.1, 0.15) is 5.75 Å². The van der Waals surface area contributed by atoms with Crippen molar-refractivity contribution in [3.8, 4) is 5.75 Å². The van der Waals surface area contributed by atoms with E-state index in [1.165, 1.54) is 0 Å². The van der Waals surface area contributed by atoms with Gasteiger partial charge in [-0.1, -0.05) is 15.9 Å². The number of halogens is 2. The van der Waals surface area contributed by atoms with Gasteiger partial charge in [0.15, 0.2) is 0 Å². The lowest BCUT2D eigenvalue weighted by atomic mass is 10.2. The number of ether oxygens (including phenoxy) is 2. The maximum Gasteiger partial charge on any atom is 0.252 e. The SMILES string of the molecule is COCC(Br)CCNC(=O)c1cc(OC)ccc1Br. The first kappa shape index (κ1) is 16.5. The second kappa shape index (κ2) is 8.55. The number of benzene rings is 1. The molecule has 0 aliphatic carbocycles. The van der Waals surface area contributed by atoms with Crippen molar-refractivity contribution in [2.45, 2.75) is 11.2 Å². The summed E-state index contributed by atoms with van der Waals surface area (Å²) in [5.41, 5.74) is 0.567. The van der Waals surface area contributed by atoms with E-state index in [0.717, 1.165) is 10.9 Å². The molecule has 106 valence electrons. The molecule has 0 heterocycles. The Morgan fingerprint density at radius 1 is 1.42 bits per heavy atom. The molecule has 0 bridgehead atoms. The van der Waals surface area contributed by atoms with Gasteiger partial charge in [-0.15, -0.1) is 0 Å². The molecule has 1 amide bonds. The third kappa shape index (κ3) is 5.50. The summed E-state index contributed by atoms with van der Waals surface area (Å²) in [6.07, 6.45) is 0.807. The lowest BCUT2D eigenvalue weighted by molar-refractivity contribution is 0.0951. The Kier molecular flexibility index (Phi) is 7.41. The van der Waals surface area contributed by atoms with Gasteiger partial charge in [-0.2, -0.15) is 0 Å². The summed E-state index contributed by atoms with van der Waals surface area (Å²) in [6, 6.07) is 5.31. The fraction of sp³-hybridized carbons (Fsp3) is 0.462. The van der Waals surface area contributed by atoms with Crippen LogP contribution in [0.25, 0.3) is 0 Å². The van der Waals surface area contributed by atoms with Crippen LogP contribution in [0.3, 0.4) is 0 Å². The summed E-state index contributed by atoms with van der Waals surface area (Å²) in [6.45, 7) is 1.21. The van der Waals surface area contributed by atoms with Crippen molar-refractivity contribution in [3.63, 3.8) is 0 Å². The number of rotatable bonds is 7. The lowest BCUT2D eigenvalue weighted by Gasteiger charge is -2.11. The zero-order valence-corrected chi connectivity index (χ0v) is 14.1. The Morgan fingerprint density at radius 3 is 2.79 bits per heavy atom. The van der Waals surface area contributed by atoms with E-state index in [-0.39, 0.29) is 10.7 Å². The highest BCUT2D eigenvalue weighted by atomic mass is 79.9. The molecule has 0 aliphatic heterocycles. The summed E-state index contributed by atoms with van der Waals surface area (Å²) in [5, 5.41) is 2.87. The van der Waals surface area contributed by atoms with E-state index in [0.29, 0.717) is 24.5 Å². The maximum absolute atomic E-state index is 12.0. The van der Waals surface area contributed by atoms with E-state index in [2.05, 4.69) is 37.2 Å². The van der Waals surface area contributed by atoms with Crippen molar-refractivity contribution >= 4 is 37.8 Å². The van der Waals surface area contributed by atoms with Gasteiger partial charge in [0.05, 0.1) is 19.3 Å². The Balaban J connectivity index is 2.53. The second-order valence-electron chi connectivity index (χ2n) is 3.94. The van der Waals surface area contributed by atoms with Crippen molar-refractivity contribution in [2.75, 3.05) is 27.4 Å². The quantitative estimate of drug-likeness (QED) is 0.723. The number of nitrogens with one attached hydrogen (secondary N) is 1. The van der Waals surface area contributed by atoms with Gasteiger partial charge in [-0.05, 0) is 40.5 Å². The topological polar surface area (TPSA) is 47.6 Å². The number of alkyl halides is 1.